The quantitative estimate of drug-likeness (QED) is 0.468. The molecule has 3 nitrogen and oxygen atoms in total. The van der Waals surface area contributed by atoms with Crippen LogP contribution >= 0.6 is 0 Å². The van der Waals surface area contributed by atoms with E-state index in [0.717, 1.165) is 51.6 Å². The van der Waals surface area contributed by atoms with Gasteiger partial charge < -0.3 is 14.2 Å². The van der Waals surface area contributed by atoms with Crippen LogP contribution in [0.1, 0.15) is 57.4 Å². The van der Waals surface area contributed by atoms with Crippen molar-refractivity contribution < 1.29 is 14.2 Å². The summed E-state index contributed by atoms with van der Waals surface area (Å²) in [6.45, 7) is 5.50. The topological polar surface area (TPSA) is 27.7 Å². The fraction of sp³-hybridized carbons (Fsp3) is 0.667. The minimum absolute atomic E-state index is 0.268. The summed E-state index contributed by atoms with van der Waals surface area (Å²) in [4.78, 5) is 0. The summed E-state index contributed by atoms with van der Waals surface area (Å²) in [6.07, 6.45) is 10.9. The second kappa shape index (κ2) is 8.89. The SMILES string of the molecule is C[C@@H]1C[C@H]2CC(CCCCOCc3ccccc3)=CC[C@H]2C2(C1)OCCO2. The molecule has 1 aliphatic heterocycles. The first-order valence-corrected chi connectivity index (χ1v) is 10.8. The van der Waals surface area contributed by atoms with Crippen LogP contribution in [0.15, 0.2) is 42.0 Å². The molecule has 0 N–H and O–H groups in total. The van der Waals surface area contributed by atoms with Crippen LogP contribution in [0, 0.1) is 17.8 Å². The number of rotatable bonds is 7. The van der Waals surface area contributed by atoms with Crippen molar-refractivity contribution >= 4 is 0 Å². The third-order valence-corrected chi connectivity index (χ3v) is 6.58. The minimum atomic E-state index is -0.268. The molecule has 1 spiro atoms. The highest BCUT2D eigenvalue weighted by Gasteiger charge is 2.52. The summed E-state index contributed by atoms with van der Waals surface area (Å²) in [5, 5.41) is 0. The van der Waals surface area contributed by atoms with E-state index in [1.165, 1.54) is 31.2 Å². The Morgan fingerprint density at radius 3 is 2.74 bits per heavy atom. The number of allylic oxidation sites excluding steroid dienone is 2. The largest absolute Gasteiger partial charge is 0.377 e. The maximum Gasteiger partial charge on any atom is 0.172 e. The van der Waals surface area contributed by atoms with Crippen molar-refractivity contribution in [3.63, 3.8) is 0 Å². The van der Waals surface area contributed by atoms with E-state index in [0.29, 0.717) is 11.8 Å². The standard InChI is InChI=1S/C24H34O3/c1-19-15-22-16-20(10-11-23(22)24(17-19)26-13-14-27-24)7-5-6-12-25-18-21-8-3-2-4-9-21/h2-4,8-10,19,22-23H,5-7,11-18H2,1H3/t19-,22+,23-/m1/s1. The van der Waals surface area contributed by atoms with Gasteiger partial charge in [0.25, 0.3) is 0 Å². The van der Waals surface area contributed by atoms with Crippen LogP contribution in [0.3, 0.4) is 0 Å². The van der Waals surface area contributed by atoms with Crippen molar-refractivity contribution in [3.8, 4) is 0 Å². The number of fused-ring (bicyclic) bond motifs is 2. The Bertz CT molecular complexity index is 618. The third-order valence-electron chi connectivity index (χ3n) is 6.58. The van der Waals surface area contributed by atoms with E-state index >= 15 is 0 Å². The summed E-state index contributed by atoms with van der Waals surface area (Å²) in [5.41, 5.74) is 2.91. The van der Waals surface area contributed by atoms with E-state index in [2.05, 4.69) is 37.3 Å². The molecule has 0 bridgehead atoms. The summed E-state index contributed by atoms with van der Waals surface area (Å²) in [6, 6.07) is 10.4. The van der Waals surface area contributed by atoms with Gasteiger partial charge in [-0.15, -0.1) is 0 Å². The molecule has 3 aliphatic rings. The van der Waals surface area contributed by atoms with Crippen LogP contribution in [0.2, 0.25) is 0 Å². The van der Waals surface area contributed by atoms with Crippen molar-refractivity contribution in [2.24, 2.45) is 17.8 Å². The first-order chi connectivity index (χ1) is 13.3. The molecule has 1 aromatic rings. The molecule has 2 aliphatic carbocycles. The van der Waals surface area contributed by atoms with Crippen LogP contribution in [0.5, 0.6) is 0 Å². The van der Waals surface area contributed by atoms with Crippen LogP contribution in [0.25, 0.3) is 0 Å². The van der Waals surface area contributed by atoms with Crippen LogP contribution < -0.4 is 0 Å². The number of hydrogen-bond donors (Lipinski definition) is 0. The second-order valence-corrected chi connectivity index (χ2v) is 8.72. The monoisotopic (exact) mass is 370 g/mol. The smallest absolute Gasteiger partial charge is 0.172 e. The molecule has 3 atom stereocenters. The minimum Gasteiger partial charge on any atom is -0.377 e. The molecule has 1 saturated heterocycles. The summed E-state index contributed by atoms with van der Waals surface area (Å²) < 4.78 is 18.1. The van der Waals surface area contributed by atoms with E-state index in [9.17, 15) is 0 Å². The number of hydrogen-bond acceptors (Lipinski definition) is 3. The Kier molecular flexibility index (Phi) is 6.31. The zero-order chi connectivity index (χ0) is 18.5. The fourth-order valence-corrected chi connectivity index (χ4v) is 5.40. The first kappa shape index (κ1) is 19.2. The molecule has 0 radical (unpaired) electrons. The Labute approximate surface area is 164 Å². The maximum atomic E-state index is 6.15. The normalized spacial score (nSPS) is 29.5. The summed E-state index contributed by atoms with van der Waals surface area (Å²) in [5.74, 6) is 1.74. The Hall–Kier alpha value is -1.16. The van der Waals surface area contributed by atoms with E-state index < -0.39 is 0 Å². The van der Waals surface area contributed by atoms with Gasteiger partial charge in [-0.2, -0.15) is 0 Å². The van der Waals surface area contributed by atoms with Crippen molar-refractivity contribution in [3.05, 3.63) is 47.5 Å². The van der Waals surface area contributed by atoms with E-state index in [1.807, 2.05) is 6.07 Å². The van der Waals surface area contributed by atoms with Crippen molar-refractivity contribution in [2.45, 2.75) is 64.3 Å². The molecular formula is C24H34O3. The lowest BCUT2D eigenvalue weighted by Gasteiger charge is -2.48. The van der Waals surface area contributed by atoms with Crippen molar-refractivity contribution in [1.29, 1.82) is 0 Å². The molecule has 2 fully saturated rings. The number of unbranched alkanes of at least 4 members (excludes halogenated alkanes) is 1. The Balaban J connectivity index is 1.20. The van der Waals surface area contributed by atoms with Crippen LogP contribution in [-0.4, -0.2) is 25.6 Å². The molecule has 0 unspecified atom stereocenters. The lowest BCUT2D eigenvalue weighted by Crippen LogP contribution is -2.49. The molecule has 1 aromatic carbocycles. The predicted molar refractivity (Wildman–Crippen MR) is 107 cm³/mol. The molecule has 1 heterocycles. The molecule has 4 rings (SSSR count). The summed E-state index contributed by atoms with van der Waals surface area (Å²) >= 11 is 0. The van der Waals surface area contributed by atoms with Gasteiger partial charge >= 0.3 is 0 Å². The van der Waals surface area contributed by atoms with Gasteiger partial charge in [0.1, 0.15) is 0 Å². The van der Waals surface area contributed by atoms with Gasteiger partial charge in [0.05, 0.1) is 19.8 Å². The summed E-state index contributed by atoms with van der Waals surface area (Å²) in [7, 11) is 0. The zero-order valence-electron chi connectivity index (χ0n) is 16.7. The maximum absolute atomic E-state index is 6.15. The van der Waals surface area contributed by atoms with Crippen molar-refractivity contribution in [1.82, 2.24) is 0 Å². The molecular weight excluding hydrogens is 336 g/mol. The lowest BCUT2D eigenvalue weighted by molar-refractivity contribution is -0.235. The average Bonchev–Trinajstić information content (AvgIpc) is 3.13. The number of benzene rings is 1. The molecule has 0 aromatic heterocycles. The van der Waals surface area contributed by atoms with Crippen LogP contribution in [0.4, 0.5) is 0 Å². The van der Waals surface area contributed by atoms with Gasteiger partial charge in [-0.25, -0.2) is 0 Å². The van der Waals surface area contributed by atoms with E-state index in [-0.39, 0.29) is 5.79 Å². The molecule has 148 valence electrons. The van der Waals surface area contributed by atoms with E-state index in [4.69, 9.17) is 14.2 Å². The van der Waals surface area contributed by atoms with Gasteiger partial charge in [-0.3, -0.25) is 0 Å². The van der Waals surface area contributed by atoms with E-state index in [1.54, 1.807) is 5.57 Å². The highest BCUT2D eigenvalue weighted by molar-refractivity contribution is 5.14. The first-order valence-electron chi connectivity index (χ1n) is 10.8. The zero-order valence-corrected chi connectivity index (χ0v) is 16.7. The molecule has 0 amide bonds. The molecule has 1 saturated carbocycles. The highest BCUT2D eigenvalue weighted by Crippen LogP contribution is 2.51. The van der Waals surface area contributed by atoms with Crippen LogP contribution in [-0.2, 0) is 20.8 Å². The van der Waals surface area contributed by atoms with Gasteiger partial charge in [0.15, 0.2) is 5.79 Å². The van der Waals surface area contributed by atoms with Gasteiger partial charge in [-0.05, 0) is 55.9 Å². The highest BCUT2D eigenvalue weighted by atomic mass is 16.7. The number of ether oxygens (including phenoxy) is 3. The molecule has 27 heavy (non-hydrogen) atoms. The van der Waals surface area contributed by atoms with Gasteiger partial charge in [0.2, 0.25) is 0 Å². The Morgan fingerprint density at radius 1 is 1.11 bits per heavy atom. The second-order valence-electron chi connectivity index (χ2n) is 8.72. The van der Waals surface area contributed by atoms with Gasteiger partial charge in [0, 0.05) is 18.9 Å². The fourth-order valence-electron chi connectivity index (χ4n) is 5.40. The third kappa shape index (κ3) is 4.64. The average molecular weight is 371 g/mol. The van der Waals surface area contributed by atoms with Crippen molar-refractivity contribution in [2.75, 3.05) is 19.8 Å². The Morgan fingerprint density at radius 2 is 1.93 bits per heavy atom. The molecule has 3 heteroatoms. The lowest BCUT2D eigenvalue weighted by atomic mass is 9.64. The van der Waals surface area contributed by atoms with Gasteiger partial charge in [-0.1, -0.05) is 48.9 Å². The predicted octanol–water partition coefficient (Wildman–Crippen LogP) is 5.50.